The zero-order valence-corrected chi connectivity index (χ0v) is 14.8. The van der Waals surface area contributed by atoms with E-state index in [1.807, 2.05) is 24.4 Å². The number of aryl methyl sites for hydroxylation is 1. The molecule has 1 heterocycles. The first-order valence-corrected chi connectivity index (χ1v) is 8.65. The summed E-state index contributed by atoms with van der Waals surface area (Å²) in [7, 11) is 0. The summed E-state index contributed by atoms with van der Waals surface area (Å²) >= 11 is 7.29. The van der Waals surface area contributed by atoms with Gasteiger partial charge in [-0.3, -0.25) is 5.43 Å². The van der Waals surface area contributed by atoms with Crippen LogP contribution in [0.1, 0.15) is 21.6 Å². The van der Waals surface area contributed by atoms with Crippen molar-refractivity contribution in [3.63, 3.8) is 0 Å². The number of aromatic nitrogens is 1. The molecule has 0 saturated heterocycles. The molecule has 0 aliphatic heterocycles. The van der Waals surface area contributed by atoms with Crippen LogP contribution < -0.4 is 10.2 Å². The minimum Gasteiger partial charge on any atom is -0.423 e. The number of nitrogens with zero attached hydrogens (tertiary/aromatic N) is 2. The average Bonchev–Trinajstić information content (AvgIpc) is 3.02. The molecule has 0 bridgehead atoms. The summed E-state index contributed by atoms with van der Waals surface area (Å²) in [5, 5.41) is 7.38. The first-order chi connectivity index (χ1) is 12.1. The lowest BCUT2D eigenvalue weighted by Gasteiger charge is -2.04. The number of hydrogen-bond donors (Lipinski definition) is 1. The van der Waals surface area contributed by atoms with Gasteiger partial charge in [0.05, 0.1) is 17.5 Å². The van der Waals surface area contributed by atoms with Crippen molar-refractivity contribution in [2.75, 3.05) is 5.43 Å². The third-order valence-corrected chi connectivity index (χ3v) is 4.28. The van der Waals surface area contributed by atoms with Crippen LogP contribution in [0.25, 0.3) is 0 Å². The van der Waals surface area contributed by atoms with E-state index in [1.54, 1.807) is 42.6 Å². The lowest BCUT2D eigenvalue weighted by atomic mass is 10.2. The molecular formula is C18H14ClN3O2S. The number of ether oxygens (including phenoxy) is 1. The Kier molecular flexibility index (Phi) is 5.42. The highest BCUT2D eigenvalue weighted by molar-refractivity contribution is 7.13. The highest BCUT2D eigenvalue weighted by Gasteiger charge is 2.08. The van der Waals surface area contributed by atoms with Crippen LogP contribution in [0.4, 0.5) is 5.13 Å². The molecule has 0 amide bonds. The summed E-state index contributed by atoms with van der Waals surface area (Å²) in [4.78, 5) is 16.3. The Hall–Kier alpha value is -2.70. The van der Waals surface area contributed by atoms with Gasteiger partial charge in [0, 0.05) is 10.4 Å². The second kappa shape index (κ2) is 7.92. The average molecular weight is 372 g/mol. The molecule has 3 rings (SSSR count). The van der Waals surface area contributed by atoms with Crippen molar-refractivity contribution in [3.8, 4) is 5.75 Å². The van der Waals surface area contributed by atoms with Crippen molar-refractivity contribution in [2.45, 2.75) is 6.92 Å². The van der Waals surface area contributed by atoms with Crippen molar-refractivity contribution in [1.82, 2.24) is 4.98 Å². The highest BCUT2D eigenvalue weighted by Crippen LogP contribution is 2.16. The summed E-state index contributed by atoms with van der Waals surface area (Å²) in [6.45, 7) is 1.93. The molecule has 2 aromatic carbocycles. The molecular weight excluding hydrogens is 358 g/mol. The Bertz CT molecular complexity index is 889. The van der Waals surface area contributed by atoms with Gasteiger partial charge in [-0.2, -0.15) is 5.10 Å². The number of thiazole rings is 1. The maximum atomic E-state index is 12.0. The first kappa shape index (κ1) is 17.1. The van der Waals surface area contributed by atoms with Crippen LogP contribution in [0.15, 0.2) is 59.0 Å². The zero-order chi connectivity index (χ0) is 17.6. The van der Waals surface area contributed by atoms with Gasteiger partial charge < -0.3 is 4.74 Å². The smallest absolute Gasteiger partial charge is 0.343 e. The molecule has 7 heteroatoms. The molecule has 0 aliphatic rings. The van der Waals surface area contributed by atoms with E-state index in [1.165, 1.54) is 11.3 Å². The third kappa shape index (κ3) is 4.89. The van der Waals surface area contributed by atoms with E-state index in [2.05, 4.69) is 15.5 Å². The molecule has 0 atom stereocenters. The van der Waals surface area contributed by atoms with E-state index < -0.39 is 5.97 Å². The van der Waals surface area contributed by atoms with Crippen molar-refractivity contribution >= 4 is 40.3 Å². The molecule has 5 nitrogen and oxygen atoms in total. The van der Waals surface area contributed by atoms with Gasteiger partial charge in [0.25, 0.3) is 0 Å². The van der Waals surface area contributed by atoms with Gasteiger partial charge in [-0.1, -0.05) is 11.6 Å². The zero-order valence-electron chi connectivity index (χ0n) is 13.3. The Balaban J connectivity index is 1.58. The summed E-state index contributed by atoms with van der Waals surface area (Å²) in [6, 6.07) is 13.6. The van der Waals surface area contributed by atoms with E-state index in [9.17, 15) is 4.79 Å². The molecule has 0 spiro atoms. The monoisotopic (exact) mass is 371 g/mol. The van der Waals surface area contributed by atoms with E-state index in [0.29, 0.717) is 16.3 Å². The normalized spacial score (nSPS) is 10.8. The molecule has 25 heavy (non-hydrogen) atoms. The molecule has 0 fully saturated rings. The Morgan fingerprint density at radius 3 is 2.56 bits per heavy atom. The van der Waals surface area contributed by atoms with Crippen LogP contribution in [0.5, 0.6) is 5.75 Å². The summed E-state index contributed by atoms with van der Waals surface area (Å²) < 4.78 is 5.32. The van der Waals surface area contributed by atoms with Gasteiger partial charge in [0.15, 0.2) is 0 Å². The maximum absolute atomic E-state index is 12.0. The van der Waals surface area contributed by atoms with E-state index in [0.717, 1.165) is 16.4 Å². The number of anilines is 1. The molecule has 0 aliphatic carbocycles. The van der Waals surface area contributed by atoms with Crippen LogP contribution in [-0.2, 0) is 0 Å². The topological polar surface area (TPSA) is 63.6 Å². The van der Waals surface area contributed by atoms with E-state index in [-0.39, 0.29) is 0 Å². The first-order valence-electron chi connectivity index (χ1n) is 7.39. The van der Waals surface area contributed by atoms with Crippen LogP contribution in [0.3, 0.4) is 0 Å². The molecule has 0 saturated carbocycles. The summed E-state index contributed by atoms with van der Waals surface area (Å²) in [5.41, 5.74) is 5.13. The quantitative estimate of drug-likeness (QED) is 0.303. The highest BCUT2D eigenvalue weighted by atomic mass is 35.5. The fourth-order valence-corrected chi connectivity index (χ4v) is 2.70. The molecule has 126 valence electrons. The van der Waals surface area contributed by atoms with E-state index >= 15 is 0 Å². The number of carbonyl (C=O) groups excluding carboxylic acids is 1. The number of esters is 1. The SMILES string of the molecule is Cc1csc(NN=Cc2ccc(OC(=O)c3ccc(Cl)cc3)cc2)n1. The van der Waals surface area contributed by atoms with Crippen molar-refractivity contribution in [1.29, 1.82) is 0 Å². The molecule has 1 N–H and O–H groups in total. The molecule has 1 aromatic heterocycles. The van der Waals surface area contributed by atoms with Gasteiger partial charge >= 0.3 is 5.97 Å². The predicted octanol–water partition coefficient (Wildman–Crippen LogP) is 4.77. The van der Waals surface area contributed by atoms with Crippen molar-refractivity contribution in [3.05, 3.63) is 75.8 Å². The van der Waals surface area contributed by atoms with Crippen LogP contribution in [0, 0.1) is 6.92 Å². The van der Waals surface area contributed by atoms with E-state index in [4.69, 9.17) is 16.3 Å². The Morgan fingerprint density at radius 1 is 1.20 bits per heavy atom. The largest absolute Gasteiger partial charge is 0.423 e. The number of nitrogens with one attached hydrogen (secondary N) is 1. The number of hydrogen-bond acceptors (Lipinski definition) is 6. The second-order valence-corrected chi connectivity index (χ2v) is 6.42. The Morgan fingerprint density at radius 2 is 1.92 bits per heavy atom. The fourth-order valence-electron chi connectivity index (χ4n) is 1.94. The molecule has 0 unspecified atom stereocenters. The lowest BCUT2D eigenvalue weighted by molar-refractivity contribution is 0.0735. The summed E-state index contributed by atoms with van der Waals surface area (Å²) in [6.07, 6.45) is 1.67. The summed E-state index contributed by atoms with van der Waals surface area (Å²) in [5.74, 6) is 0.0273. The molecule has 0 radical (unpaired) electrons. The maximum Gasteiger partial charge on any atom is 0.343 e. The van der Waals surface area contributed by atoms with Crippen molar-refractivity contribution < 1.29 is 9.53 Å². The standard InChI is InChI=1S/C18H14ClN3O2S/c1-12-11-25-18(21-12)22-20-10-13-2-8-16(9-3-13)24-17(23)14-4-6-15(19)7-5-14/h2-11H,1H3,(H,21,22). The number of hydrazone groups is 1. The van der Waals surface area contributed by atoms with Gasteiger partial charge in [0.1, 0.15) is 5.75 Å². The van der Waals surface area contributed by atoms with Gasteiger partial charge in [-0.25, -0.2) is 9.78 Å². The molecule has 3 aromatic rings. The van der Waals surface area contributed by atoms with Crippen molar-refractivity contribution in [2.24, 2.45) is 5.10 Å². The van der Waals surface area contributed by atoms with Crippen LogP contribution >= 0.6 is 22.9 Å². The van der Waals surface area contributed by atoms with Gasteiger partial charge in [-0.05, 0) is 61.0 Å². The lowest BCUT2D eigenvalue weighted by Crippen LogP contribution is -2.08. The number of halogens is 1. The number of benzene rings is 2. The van der Waals surface area contributed by atoms with Crippen LogP contribution in [0.2, 0.25) is 5.02 Å². The van der Waals surface area contributed by atoms with Gasteiger partial charge in [0.2, 0.25) is 5.13 Å². The fraction of sp³-hybridized carbons (Fsp3) is 0.0556. The Labute approximate surface area is 153 Å². The minimum absolute atomic E-state index is 0.432. The van der Waals surface area contributed by atoms with Gasteiger partial charge in [-0.15, -0.1) is 11.3 Å². The number of rotatable bonds is 5. The minimum atomic E-state index is -0.432. The second-order valence-electron chi connectivity index (χ2n) is 5.13. The van der Waals surface area contributed by atoms with Crippen LogP contribution in [-0.4, -0.2) is 17.2 Å². The number of carbonyl (C=O) groups is 1. The third-order valence-electron chi connectivity index (χ3n) is 3.16. The predicted molar refractivity (Wildman–Crippen MR) is 101 cm³/mol.